The summed E-state index contributed by atoms with van der Waals surface area (Å²) in [6.07, 6.45) is 0.311. The smallest absolute Gasteiger partial charge is 0.134 e. The normalized spacial score (nSPS) is 14.7. The minimum absolute atomic E-state index is 0.0552. The molecule has 0 saturated carbocycles. The molecule has 0 aromatic carbocycles. The lowest BCUT2D eigenvalue weighted by Gasteiger charge is -2.19. The number of aliphatic hydroxyl groups excluding tert-OH is 1. The molecule has 2 N–H and O–H groups in total. The Bertz CT molecular complexity index is 312. The van der Waals surface area contributed by atoms with Gasteiger partial charge in [0, 0.05) is 6.07 Å². The predicted molar refractivity (Wildman–Crippen MR) is 61.2 cm³/mol. The minimum atomic E-state index is -0.390. The summed E-state index contributed by atoms with van der Waals surface area (Å²) in [6, 6.07) is 1.59. The van der Waals surface area contributed by atoms with E-state index in [1.54, 1.807) is 13.0 Å². The monoisotopic (exact) mass is 229 g/mol. The van der Waals surface area contributed by atoms with Crippen molar-refractivity contribution in [2.45, 2.75) is 39.3 Å². The van der Waals surface area contributed by atoms with Gasteiger partial charge in [-0.3, -0.25) is 0 Å². The Morgan fingerprint density at radius 2 is 2.20 bits per heavy atom. The number of aryl methyl sites for hydroxylation is 1. The molecule has 0 bridgehead atoms. The Kier molecular flexibility index (Phi) is 4.29. The molecular formula is C10H16ClN3O. The van der Waals surface area contributed by atoms with Crippen LogP contribution in [0.15, 0.2) is 6.07 Å². The number of hydrogen-bond acceptors (Lipinski definition) is 4. The first-order valence-electron chi connectivity index (χ1n) is 4.98. The topological polar surface area (TPSA) is 58.0 Å². The Balaban J connectivity index is 2.72. The van der Waals surface area contributed by atoms with Gasteiger partial charge in [0.2, 0.25) is 0 Å². The molecule has 0 aliphatic carbocycles. The van der Waals surface area contributed by atoms with Crippen LogP contribution in [0.4, 0.5) is 5.82 Å². The number of aromatic nitrogens is 2. The van der Waals surface area contributed by atoms with Crippen molar-refractivity contribution in [1.82, 2.24) is 9.97 Å². The van der Waals surface area contributed by atoms with Gasteiger partial charge in [0.15, 0.2) is 0 Å². The summed E-state index contributed by atoms with van der Waals surface area (Å²) in [5, 5.41) is 13.1. The van der Waals surface area contributed by atoms with Gasteiger partial charge in [0.1, 0.15) is 16.8 Å². The number of aliphatic hydroxyl groups is 1. The lowest BCUT2D eigenvalue weighted by molar-refractivity contribution is 0.154. The van der Waals surface area contributed by atoms with E-state index in [1.165, 1.54) is 0 Å². The van der Waals surface area contributed by atoms with Gasteiger partial charge < -0.3 is 10.4 Å². The summed E-state index contributed by atoms with van der Waals surface area (Å²) in [5.74, 6) is 1.26. The summed E-state index contributed by atoms with van der Waals surface area (Å²) in [4.78, 5) is 8.13. The maximum absolute atomic E-state index is 9.59. The van der Waals surface area contributed by atoms with Crippen molar-refractivity contribution in [3.05, 3.63) is 17.0 Å². The van der Waals surface area contributed by atoms with E-state index in [-0.39, 0.29) is 12.1 Å². The van der Waals surface area contributed by atoms with Crippen molar-refractivity contribution in [2.24, 2.45) is 0 Å². The van der Waals surface area contributed by atoms with Crippen LogP contribution in [0.25, 0.3) is 0 Å². The van der Waals surface area contributed by atoms with E-state index in [0.29, 0.717) is 23.2 Å². The molecule has 0 aliphatic rings. The van der Waals surface area contributed by atoms with Gasteiger partial charge in [-0.25, -0.2) is 9.97 Å². The molecule has 0 fully saturated rings. The highest BCUT2D eigenvalue weighted by Gasteiger charge is 2.12. The van der Waals surface area contributed by atoms with Gasteiger partial charge in [-0.2, -0.15) is 0 Å². The maximum atomic E-state index is 9.59. The Morgan fingerprint density at radius 3 is 2.73 bits per heavy atom. The van der Waals surface area contributed by atoms with E-state index in [2.05, 4.69) is 15.3 Å². The fourth-order valence-corrected chi connectivity index (χ4v) is 1.51. The molecule has 84 valence electrons. The van der Waals surface area contributed by atoms with Crippen molar-refractivity contribution in [3.63, 3.8) is 0 Å². The van der Waals surface area contributed by atoms with Gasteiger partial charge in [-0.15, -0.1) is 0 Å². The Morgan fingerprint density at radius 1 is 1.53 bits per heavy atom. The lowest BCUT2D eigenvalue weighted by atomic mass is 10.1. The van der Waals surface area contributed by atoms with Crippen LogP contribution in [0.5, 0.6) is 0 Å². The first kappa shape index (κ1) is 12.2. The third-order valence-electron chi connectivity index (χ3n) is 2.18. The zero-order chi connectivity index (χ0) is 11.4. The number of nitrogens with one attached hydrogen (secondary N) is 1. The number of anilines is 1. The molecule has 0 amide bonds. The summed E-state index contributed by atoms with van der Waals surface area (Å²) in [6.45, 7) is 5.61. The minimum Gasteiger partial charge on any atom is -0.391 e. The fourth-order valence-electron chi connectivity index (χ4n) is 1.29. The van der Waals surface area contributed by atoms with Crippen LogP contribution in [0, 0.1) is 6.92 Å². The second-order valence-corrected chi connectivity index (χ2v) is 3.92. The quantitative estimate of drug-likeness (QED) is 0.776. The van der Waals surface area contributed by atoms with E-state index in [0.717, 1.165) is 0 Å². The molecule has 0 spiro atoms. The summed E-state index contributed by atoms with van der Waals surface area (Å²) < 4.78 is 0. The van der Waals surface area contributed by atoms with Gasteiger partial charge >= 0.3 is 0 Å². The number of rotatable bonds is 4. The average Bonchev–Trinajstić information content (AvgIpc) is 2.14. The number of hydrogen-bond donors (Lipinski definition) is 2. The molecule has 2 atom stereocenters. The van der Waals surface area contributed by atoms with Gasteiger partial charge in [0.05, 0.1) is 12.1 Å². The highest BCUT2D eigenvalue weighted by Crippen LogP contribution is 2.13. The second-order valence-electron chi connectivity index (χ2n) is 3.53. The standard InChI is InChI=1S/C10H16ClN3O/c1-4-8(15)6(2)12-10-5-9(11)13-7(3)14-10/h5-6,8,15H,4H2,1-3H3,(H,12,13,14). The lowest BCUT2D eigenvalue weighted by Crippen LogP contribution is -2.30. The molecular weight excluding hydrogens is 214 g/mol. The van der Waals surface area contributed by atoms with Gasteiger partial charge in [-0.05, 0) is 20.3 Å². The van der Waals surface area contributed by atoms with E-state index in [9.17, 15) is 5.11 Å². The van der Waals surface area contributed by atoms with Crippen molar-refractivity contribution in [1.29, 1.82) is 0 Å². The second kappa shape index (κ2) is 5.28. The van der Waals surface area contributed by atoms with Crippen molar-refractivity contribution >= 4 is 17.4 Å². The molecule has 5 heteroatoms. The molecule has 15 heavy (non-hydrogen) atoms. The Hall–Kier alpha value is -0.870. The molecule has 1 rings (SSSR count). The largest absolute Gasteiger partial charge is 0.391 e. The number of halogens is 1. The fraction of sp³-hybridized carbons (Fsp3) is 0.600. The molecule has 0 radical (unpaired) electrons. The zero-order valence-electron chi connectivity index (χ0n) is 9.16. The first-order valence-corrected chi connectivity index (χ1v) is 5.36. The summed E-state index contributed by atoms with van der Waals surface area (Å²) >= 11 is 5.79. The highest BCUT2D eigenvalue weighted by molar-refractivity contribution is 6.29. The van der Waals surface area contributed by atoms with Crippen LogP contribution in [0.2, 0.25) is 5.15 Å². The van der Waals surface area contributed by atoms with Crippen LogP contribution >= 0.6 is 11.6 Å². The van der Waals surface area contributed by atoms with E-state index in [1.807, 2.05) is 13.8 Å². The summed E-state index contributed by atoms with van der Waals surface area (Å²) in [5.41, 5.74) is 0. The van der Waals surface area contributed by atoms with Crippen molar-refractivity contribution in [3.8, 4) is 0 Å². The number of nitrogens with zero attached hydrogens (tertiary/aromatic N) is 2. The third-order valence-corrected chi connectivity index (χ3v) is 2.37. The predicted octanol–water partition coefficient (Wildman–Crippen LogP) is 2.01. The first-order chi connectivity index (χ1) is 7.02. The maximum Gasteiger partial charge on any atom is 0.134 e. The van der Waals surface area contributed by atoms with E-state index in [4.69, 9.17) is 11.6 Å². The molecule has 1 heterocycles. The van der Waals surface area contributed by atoms with Crippen molar-refractivity contribution in [2.75, 3.05) is 5.32 Å². The SMILES string of the molecule is CCC(O)C(C)Nc1cc(Cl)nc(C)n1. The molecule has 4 nitrogen and oxygen atoms in total. The van der Waals surface area contributed by atoms with Gasteiger partial charge in [0.25, 0.3) is 0 Å². The molecule has 2 unspecified atom stereocenters. The highest BCUT2D eigenvalue weighted by atomic mass is 35.5. The van der Waals surface area contributed by atoms with Crippen LogP contribution in [0.3, 0.4) is 0 Å². The molecule has 1 aromatic rings. The van der Waals surface area contributed by atoms with Gasteiger partial charge in [-0.1, -0.05) is 18.5 Å². The zero-order valence-corrected chi connectivity index (χ0v) is 9.91. The third kappa shape index (κ3) is 3.64. The van der Waals surface area contributed by atoms with E-state index >= 15 is 0 Å². The van der Waals surface area contributed by atoms with Crippen LogP contribution in [-0.4, -0.2) is 27.2 Å². The molecule has 1 aromatic heterocycles. The summed E-state index contributed by atoms with van der Waals surface area (Å²) in [7, 11) is 0. The van der Waals surface area contributed by atoms with Crippen LogP contribution in [0.1, 0.15) is 26.1 Å². The van der Waals surface area contributed by atoms with E-state index < -0.39 is 0 Å². The van der Waals surface area contributed by atoms with Crippen molar-refractivity contribution < 1.29 is 5.11 Å². The van der Waals surface area contributed by atoms with Crippen LogP contribution < -0.4 is 5.32 Å². The average molecular weight is 230 g/mol. The van der Waals surface area contributed by atoms with Crippen LogP contribution in [-0.2, 0) is 0 Å². The Labute approximate surface area is 94.7 Å². The molecule has 0 saturated heterocycles. The molecule has 0 aliphatic heterocycles.